The smallest absolute Gasteiger partial charge is 0.227 e. The van der Waals surface area contributed by atoms with Gasteiger partial charge < -0.3 is 5.32 Å². The summed E-state index contributed by atoms with van der Waals surface area (Å²) in [6, 6.07) is 5.95. The highest BCUT2D eigenvalue weighted by molar-refractivity contribution is 5.93. The lowest BCUT2D eigenvalue weighted by Crippen LogP contribution is -2.22. The Bertz CT molecular complexity index is 447. The zero-order chi connectivity index (χ0) is 12.8. The van der Waals surface area contributed by atoms with E-state index in [-0.39, 0.29) is 23.1 Å². The summed E-state index contributed by atoms with van der Waals surface area (Å²) in [6.45, 7) is 3.84. The van der Waals surface area contributed by atoms with E-state index in [1.165, 1.54) is 18.2 Å². The fourth-order valence-corrected chi connectivity index (χ4v) is 1.64. The number of carbonyl (C=O) groups excluding carboxylic acids is 1. The zero-order valence-corrected chi connectivity index (χ0v) is 9.96. The molecule has 1 N–H and O–H groups in total. The van der Waals surface area contributed by atoms with E-state index in [9.17, 15) is 9.18 Å². The maximum Gasteiger partial charge on any atom is 0.227 e. The second kappa shape index (κ2) is 6.00. The molecule has 0 atom stereocenters. The molecule has 0 aliphatic carbocycles. The van der Waals surface area contributed by atoms with Crippen LogP contribution in [0.15, 0.2) is 18.2 Å². The van der Waals surface area contributed by atoms with Crippen LogP contribution in [0, 0.1) is 23.1 Å². The van der Waals surface area contributed by atoms with E-state index >= 15 is 0 Å². The molecule has 0 bridgehead atoms. The van der Waals surface area contributed by atoms with Crippen molar-refractivity contribution in [3.63, 3.8) is 0 Å². The largest absolute Gasteiger partial charge is 0.325 e. The molecule has 1 rings (SSSR count). The molecule has 0 spiro atoms. The first-order valence-corrected chi connectivity index (χ1v) is 5.63. The standard InChI is InChI=1S/C13H15FN2O/c1-3-9(4-2)13(17)16-12-7-5-6-11(14)10(12)8-15/h5-7,9H,3-4H2,1-2H3,(H,16,17). The minimum atomic E-state index is -0.616. The topological polar surface area (TPSA) is 52.9 Å². The van der Waals surface area contributed by atoms with Crippen LogP contribution >= 0.6 is 0 Å². The van der Waals surface area contributed by atoms with E-state index in [2.05, 4.69) is 5.32 Å². The van der Waals surface area contributed by atoms with Gasteiger partial charge in [-0.3, -0.25) is 4.79 Å². The first-order valence-electron chi connectivity index (χ1n) is 5.63. The first-order chi connectivity index (χ1) is 8.13. The van der Waals surface area contributed by atoms with E-state index < -0.39 is 5.82 Å². The number of amides is 1. The predicted molar refractivity (Wildman–Crippen MR) is 63.8 cm³/mol. The fourth-order valence-electron chi connectivity index (χ4n) is 1.64. The molecule has 17 heavy (non-hydrogen) atoms. The summed E-state index contributed by atoms with van der Waals surface area (Å²) in [6.07, 6.45) is 1.44. The highest BCUT2D eigenvalue weighted by Crippen LogP contribution is 2.19. The van der Waals surface area contributed by atoms with Crippen LogP contribution in [-0.2, 0) is 4.79 Å². The van der Waals surface area contributed by atoms with Gasteiger partial charge in [0.1, 0.15) is 17.4 Å². The third kappa shape index (κ3) is 3.04. The lowest BCUT2D eigenvalue weighted by atomic mass is 10.0. The van der Waals surface area contributed by atoms with Gasteiger partial charge in [-0.15, -0.1) is 0 Å². The summed E-state index contributed by atoms with van der Waals surface area (Å²) in [5, 5.41) is 11.4. The van der Waals surface area contributed by atoms with Crippen LogP contribution in [0.2, 0.25) is 0 Å². The minimum absolute atomic E-state index is 0.107. The van der Waals surface area contributed by atoms with Crippen molar-refractivity contribution in [2.24, 2.45) is 5.92 Å². The van der Waals surface area contributed by atoms with Gasteiger partial charge in [0.25, 0.3) is 0 Å². The summed E-state index contributed by atoms with van der Waals surface area (Å²) in [7, 11) is 0. The second-order valence-corrected chi connectivity index (χ2v) is 3.78. The highest BCUT2D eigenvalue weighted by atomic mass is 19.1. The molecule has 0 aliphatic heterocycles. The van der Waals surface area contributed by atoms with Crippen LogP contribution in [0.3, 0.4) is 0 Å². The van der Waals surface area contributed by atoms with Crippen LogP contribution in [0.4, 0.5) is 10.1 Å². The molecule has 0 heterocycles. The average molecular weight is 234 g/mol. The van der Waals surface area contributed by atoms with Gasteiger partial charge in [0.2, 0.25) is 5.91 Å². The van der Waals surface area contributed by atoms with Crippen LogP contribution in [0.25, 0.3) is 0 Å². The van der Waals surface area contributed by atoms with E-state index in [0.29, 0.717) is 0 Å². The molecular weight excluding hydrogens is 219 g/mol. The average Bonchev–Trinajstić information content (AvgIpc) is 2.31. The Morgan fingerprint density at radius 3 is 2.65 bits per heavy atom. The van der Waals surface area contributed by atoms with Gasteiger partial charge in [-0.25, -0.2) is 4.39 Å². The summed E-state index contributed by atoms with van der Waals surface area (Å²) < 4.78 is 13.3. The molecule has 1 aromatic carbocycles. The minimum Gasteiger partial charge on any atom is -0.325 e. The maximum absolute atomic E-state index is 13.3. The van der Waals surface area contributed by atoms with Crippen LogP contribution < -0.4 is 5.32 Å². The fraction of sp³-hybridized carbons (Fsp3) is 0.385. The molecule has 0 unspecified atom stereocenters. The number of carbonyl (C=O) groups is 1. The van der Waals surface area contributed by atoms with Gasteiger partial charge in [0, 0.05) is 5.92 Å². The zero-order valence-electron chi connectivity index (χ0n) is 9.96. The van der Waals surface area contributed by atoms with Gasteiger partial charge in [0.05, 0.1) is 5.69 Å². The number of halogens is 1. The molecule has 1 aromatic rings. The second-order valence-electron chi connectivity index (χ2n) is 3.78. The van der Waals surface area contributed by atoms with E-state index in [1.807, 2.05) is 13.8 Å². The van der Waals surface area contributed by atoms with Crippen molar-refractivity contribution in [3.8, 4) is 6.07 Å². The molecule has 0 radical (unpaired) electrons. The lowest BCUT2D eigenvalue weighted by Gasteiger charge is -2.13. The first kappa shape index (κ1) is 13.2. The van der Waals surface area contributed by atoms with Gasteiger partial charge in [-0.1, -0.05) is 19.9 Å². The molecule has 0 saturated heterocycles. The van der Waals surface area contributed by atoms with Crippen molar-refractivity contribution >= 4 is 11.6 Å². The maximum atomic E-state index is 13.3. The summed E-state index contributed by atoms with van der Waals surface area (Å²) in [5.74, 6) is -0.892. The number of nitrogens with zero attached hydrogens (tertiary/aromatic N) is 1. The predicted octanol–water partition coefficient (Wildman–Crippen LogP) is 3.07. The number of rotatable bonds is 4. The molecule has 0 fully saturated rings. The number of anilines is 1. The Kier molecular flexibility index (Phi) is 4.65. The van der Waals surface area contributed by atoms with Gasteiger partial charge in [0.15, 0.2) is 0 Å². The number of hydrogen-bond acceptors (Lipinski definition) is 2. The Balaban J connectivity index is 2.93. The van der Waals surface area contributed by atoms with Crippen LogP contribution in [0.5, 0.6) is 0 Å². The van der Waals surface area contributed by atoms with Crippen molar-refractivity contribution in [2.45, 2.75) is 26.7 Å². The Labute approximate surface area is 100 Å². The van der Waals surface area contributed by atoms with E-state index in [4.69, 9.17) is 5.26 Å². The third-order valence-corrected chi connectivity index (χ3v) is 2.74. The summed E-state index contributed by atoms with van der Waals surface area (Å²) >= 11 is 0. The van der Waals surface area contributed by atoms with Gasteiger partial charge in [-0.2, -0.15) is 5.26 Å². The van der Waals surface area contributed by atoms with Gasteiger partial charge >= 0.3 is 0 Å². The third-order valence-electron chi connectivity index (χ3n) is 2.74. The summed E-state index contributed by atoms with van der Waals surface area (Å²) in [4.78, 5) is 11.8. The normalized spacial score (nSPS) is 10.1. The molecule has 3 nitrogen and oxygen atoms in total. The molecule has 4 heteroatoms. The quantitative estimate of drug-likeness (QED) is 0.870. The van der Waals surface area contributed by atoms with Crippen molar-refractivity contribution in [1.82, 2.24) is 0 Å². The molecular formula is C13H15FN2O. The molecule has 1 amide bonds. The number of hydrogen-bond donors (Lipinski definition) is 1. The number of benzene rings is 1. The molecule has 0 aromatic heterocycles. The lowest BCUT2D eigenvalue weighted by molar-refractivity contribution is -0.120. The van der Waals surface area contributed by atoms with Crippen molar-refractivity contribution in [2.75, 3.05) is 5.32 Å². The highest BCUT2D eigenvalue weighted by Gasteiger charge is 2.16. The number of nitrogens with one attached hydrogen (secondary N) is 1. The monoisotopic (exact) mass is 234 g/mol. The Hall–Kier alpha value is -1.89. The van der Waals surface area contributed by atoms with Crippen molar-refractivity contribution in [3.05, 3.63) is 29.6 Å². The Morgan fingerprint density at radius 2 is 2.12 bits per heavy atom. The SMILES string of the molecule is CCC(CC)C(=O)Nc1cccc(F)c1C#N. The molecule has 0 saturated carbocycles. The van der Waals surface area contributed by atoms with Gasteiger partial charge in [-0.05, 0) is 25.0 Å². The van der Waals surface area contributed by atoms with Crippen LogP contribution in [-0.4, -0.2) is 5.91 Å². The van der Waals surface area contributed by atoms with Crippen molar-refractivity contribution < 1.29 is 9.18 Å². The Morgan fingerprint density at radius 1 is 1.47 bits per heavy atom. The number of nitriles is 1. The summed E-state index contributed by atoms with van der Waals surface area (Å²) in [5.41, 5.74) is 0.121. The van der Waals surface area contributed by atoms with Crippen LogP contribution in [0.1, 0.15) is 32.3 Å². The van der Waals surface area contributed by atoms with E-state index in [0.717, 1.165) is 12.8 Å². The van der Waals surface area contributed by atoms with Crippen molar-refractivity contribution in [1.29, 1.82) is 5.26 Å². The molecule has 90 valence electrons. The molecule has 0 aliphatic rings. The van der Waals surface area contributed by atoms with E-state index in [1.54, 1.807) is 6.07 Å².